The van der Waals surface area contributed by atoms with Crippen molar-refractivity contribution in [2.75, 3.05) is 19.5 Å². The van der Waals surface area contributed by atoms with E-state index in [4.69, 9.17) is 13.6 Å². The number of hydrogen-bond acceptors (Lipinski definition) is 5. The third-order valence-electron chi connectivity index (χ3n) is 1.95. The molecule has 0 aromatic heterocycles. The number of rotatable bonds is 7. The van der Waals surface area contributed by atoms with Gasteiger partial charge in [0, 0.05) is 22.0 Å². The van der Waals surface area contributed by atoms with Crippen molar-refractivity contribution in [1.29, 1.82) is 0 Å². The molecule has 0 bridgehead atoms. The Bertz CT molecular complexity index is 435. The van der Waals surface area contributed by atoms with E-state index in [2.05, 4.69) is 0 Å². The highest BCUT2D eigenvalue weighted by atomic mass is 32.2. The molecule has 0 aliphatic heterocycles. The highest BCUT2D eigenvalue weighted by Crippen LogP contribution is 2.49. The molecular formula is C11H17O5PS. The summed E-state index contributed by atoms with van der Waals surface area (Å²) >= 11 is 0. The zero-order valence-electron chi connectivity index (χ0n) is 10.6. The van der Waals surface area contributed by atoms with E-state index in [1.807, 2.05) is 0 Å². The Morgan fingerprint density at radius 3 is 2.00 bits per heavy atom. The van der Waals surface area contributed by atoms with Gasteiger partial charge in [-0.05, 0) is 38.1 Å². The predicted molar refractivity (Wildman–Crippen MR) is 70.3 cm³/mol. The van der Waals surface area contributed by atoms with E-state index < -0.39 is 18.6 Å². The summed E-state index contributed by atoms with van der Waals surface area (Å²) < 4.78 is 38.5. The molecule has 0 N–H and O–H groups in total. The zero-order chi connectivity index (χ0) is 13.6. The van der Waals surface area contributed by atoms with Crippen LogP contribution in [-0.2, 0) is 24.4 Å². The van der Waals surface area contributed by atoms with E-state index in [0.717, 1.165) is 0 Å². The molecule has 0 aliphatic carbocycles. The van der Waals surface area contributed by atoms with Gasteiger partial charge in [-0.2, -0.15) is 0 Å². The molecule has 0 unspecified atom stereocenters. The molecule has 0 spiro atoms. The average Bonchev–Trinajstić information content (AvgIpc) is 2.30. The van der Waals surface area contributed by atoms with E-state index in [1.165, 1.54) is 0 Å². The van der Waals surface area contributed by atoms with Crippen LogP contribution in [0.15, 0.2) is 29.2 Å². The fraction of sp³-hybridized carbons (Fsp3) is 0.455. The largest absolute Gasteiger partial charge is 0.530 e. The molecule has 0 amide bonds. The second-order valence-electron chi connectivity index (χ2n) is 3.30. The molecule has 7 heteroatoms. The summed E-state index contributed by atoms with van der Waals surface area (Å²) in [5.41, 5.74) is 0. The van der Waals surface area contributed by atoms with E-state index in [1.54, 1.807) is 44.4 Å². The van der Waals surface area contributed by atoms with Gasteiger partial charge >= 0.3 is 7.82 Å². The minimum atomic E-state index is -3.56. The van der Waals surface area contributed by atoms with Gasteiger partial charge in [0.05, 0.1) is 13.2 Å². The normalized spacial score (nSPS) is 13.3. The van der Waals surface area contributed by atoms with Crippen LogP contribution in [0.2, 0.25) is 0 Å². The van der Waals surface area contributed by atoms with E-state index in [9.17, 15) is 8.77 Å². The number of phosphoric ester groups is 1. The summed E-state index contributed by atoms with van der Waals surface area (Å²) in [5, 5.41) is 0. The fourth-order valence-corrected chi connectivity index (χ4v) is 2.94. The minimum Gasteiger partial charge on any atom is -0.404 e. The zero-order valence-corrected chi connectivity index (χ0v) is 12.3. The van der Waals surface area contributed by atoms with Gasteiger partial charge in [-0.1, -0.05) is 0 Å². The van der Waals surface area contributed by atoms with Crippen LogP contribution < -0.4 is 4.52 Å². The fourth-order valence-electron chi connectivity index (χ4n) is 1.23. The van der Waals surface area contributed by atoms with Crippen LogP contribution in [-0.4, -0.2) is 23.7 Å². The van der Waals surface area contributed by atoms with Crippen molar-refractivity contribution in [1.82, 2.24) is 0 Å². The summed E-state index contributed by atoms with van der Waals surface area (Å²) in [6, 6.07) is 6.46. The molecule has 102 valence electrons. The van der Waals surface area contributed by atoms with Crippen molar-refractivity contribution in [3.05, 3.63) is 24.3 Å². The molecule has 0 saturated heterocycles. The lowest BCUT2D eigenvalue weighted by molar-refractivity contribution is 0.167. The highest BCUT2D eigenvalue weighted by Gasteiger charge is 2.27. The third kappa shape index (κ3) is 4.53. The van der Waals surface area contributed by atoms with E-state index in [-0.39, 0.29) is 13.2 Å². The van der Waals surface area contributed by atoms with Gasteiger partial charge in [0.25, 0.3) is 0 Å². The van der Waals surface area contributed by atoms with Gasteiger partial charge in [0.1, 0.15) is 5.75 Å². The van der Waals surface area contributed by atoms with Gasteiger partial charge in [-0.15, -0.1) is 0 Å². The SMILES string of the molecule is CCOP(=O)(OCC)Oc1ccc([S@@](C)=O)cc1. The predicted octanol–water partition coefficient (Wildman–Crippen LogP) is 2.98. The maximum Gasteiger partial charge on any atom is 0.530 e. The van der Waals surface area contributed by atoms with Crippen LogP contribution in [0.5, 0.6) is 5.75 Å². The van der Waals surface area contributed by atoms with Crippen molar-refractivity contribution in [2.24, 2.45) is 0 Å². The second-order valence-corrected chi connectivity index (χ2v) is 6.27. The Kier molecular flexibility index (Phi) is 6.02. The summed E-state index contributed by atoms with van der Waals surface area (Å²) in [6.07, 6.45) is 1.58. The van der Waals surface area contributed by atoms with Crippen LogP contribution >= 0.6 is 7.82 Å². The standard InChI is InChI=1S/C11H17O5PS/c1-4-14-17(12,15-5-2)16-10-6-8-11(9-7-10)18(3)13/h6-9H,4-5H2,1-3H3/t18-/m1/s1. The topological polar surface area (TPSA) is 61.8 Å². The van der Waals surface area contributed by atoms with Crippen molar-refractivity contribution < 1.29 is 22.3 Å². The summed E-state index contributed by atoms with van der Waals surface area (Å²) in [4.78, 5) is 0.671. The molecule has 1 aromatic carbocycles. The van der Waals surface area contributed by atoms with Gasteiger partial charge in [-0.25, -0.2) is 4.57 Å². The first-order valence-corrected chi connectivity index (χ1v) is 8.55. The molecule has 0 radical (unpaired) electrons. The van der Waals surface area contributed by atoms with Crippen molar-refractivity contribution >= 4 is 18.6 Å². The Labute approximate surface area is 110 Å². The summed E-state index contributed by atoms with van der Waals surface area (Å²) in [7, 11) is -4.61. The number of phosphoric acid groups is 1. The molecule has 0 heterocycles. The monoisotopic (exact) mass is 292 g/mol. The number of hydrogen-bond donors (Lipinski definition) is 0. The number of benzene rings is 1. The maximum atomic E-state index is 12.1. The van der Waals surface area contributed by atoms with Crippen molar-refractivity contribution in [3.8, 4) is 5.75 Å². The van der Waals surface area contributed by atoms with Crippen LogP contribution in [0.25, 0.3) is 0 Å². The smallest absolute Gasteiger partial charge is 0.404 e. The Morgan fingerprint density at radius 2 is 1.61 bits per heavy atom. The molecule has 1 aromatic rings. The first-order valence-electron chi connectivity index (χ1n) is 5.53. The van der Waals surface area contributed by atoms with Gasteiger partial charge in [-0.3, -0.25) is 13.3 Å². The molecular weight excluding hydrogens is 275 g/mol. The first-order chi connectivity index (χ1) is 8.50. The minimum absolute atomic E-state index is 0.230. The molecule has 1 atom stereocenters. The molecule has 0 saturated carbocycles. The first kappa shape index (κ1) is 15.4. The third-order valence-corrected chi connectivity index (χ3v) is 4.47. The summed E-state index contributed by atoms with van der Waals surface area (Å²) in [6.45, 7) is 3.87. The van der Waals surface area contributed by atoms with Crippen LogP contribution in [0, 0.1) is 0 Å². The van der Waals surface area contributed by atoms with E-state index in [0.29, 0.717) is 10.6 Å². The second kappa shape index (κ2) is 7.04. The van der Waals surface area contributed by atoms with Gasteiger partial charge in [0.2, 0.25) is 0 Å². The lowest BCUT2D eigenvalue weighted by Crippen LogP contribution is -2.02. The van der Waals surface area contributed by atoms with Crippen LogP contribution in [0.4, 0.5) is 0 Å². The lowest BCUT2D eigenvalue weighted by atomic mass is 10.3. The Hall–Kier alpha value is -0.680. The van der Waals surface area contributed by atoms with Crippen molar-refractivity contribution in [3.63, 3.8) is 0 Å². The summed E-state index contributed by atoms with van der Waals surface area (Å²) in [5.74, 6) is 0.356. The molecule has 0 fully saturated rings. The van der Waals surface area contributed by atoms with Crippen LogP contribution in [0.3, 0.4) is 0 Å². The van der Waals surface area contributed by atoms with Crippen LogP contribution in [0.1, 0.15) is 13.8 Å². The molecule has 0 aliphatic rings. The van der Waals surface area contributed by atoms with Gasteiger partial charge in [0.15, 0.2) is 0 Å². The Morgan fingerprint density at radius 1 is 1.11 bits per heavy atom. The highest BCUT2D eigenvalue weighted by molar-refractivity contribution is 7.84. The van der Waals surface area contributed by atoms with Gasteiger partial charge < -0.3 is 4.52 Å². The molecule has 18 heavy (non-hydrogen) atoms. The van der Waals surface area contributed by atoms with E-state index >= 15 is 0 Å². The quantitative estimate of drug-likeness (QED) is 0.723. The lowest BCUT2D eigenvalue weighted by Gasteiger charge is -2.16. The average molecular weight is 292 g/mol. The van der Waals surface area contributed by atoms with Crippen molar-refractivity contribution in [2.45, 2.75) is 18.7 Å². The maximum absolute atomic E-state index is 12.1. The molecule has 5 nitrogen and oxygen atoms in total. The molecule has 1 rings (SSSR count). The Balaban J connectivity index is 2.81.